The number of esters is 1. The Kier molecular flexibility index (Phi) is 6.47. The topological polar surface area (TPSA) is 64.8 Å². The third-order valence-corrected chi connectivity index (χ3v) is 3.91. The van der Waals surface area contributed by atoms with Crippen LogP contribution < -0.4 is 10.5 Å². The van der Waals surface area contributed by atoms with Crippen molar-refractivity contribution in [2.75, 3.05) is 26.2 Å². The number of alkyl halides is 3. The van der Waals surface area contributed by atoms with Crippen molar-refractivity contribution in [2.24, 2.45) is 5.73 Å². The molecule has 0 bridgehead atoms. The van der Waals surface area contributed by atoms with E-state index < -0.39 is 24.1 Å². The minimum absolute atomic E-state index is 0.0333. The first-order valence-corrected chi connectivity index (χ1v) is 7.86. The van der Waals surface area contributed by atoms with Gasteiger partial charge in [0.25, 0.3) is 0 Å². The number of hydrogen-bond donors (Lipinski definition) is 1. The smallest absolute Gasteiger partial charge is 0.490 e. The Hall–Kier alpha value is -1.58. The summed E-state index contributed by atoms with van der Waals surface area (Å²) in [5, 5.41) is -0.113. The van der Waals surface area contributed by atoms with Crippen LogP contribution >= 0.6 is 11.6 Å². The summed E-state index contributed by atoms with van der Waals surface area (Å²) in [4.78, 5) is 12.9. The molecular formula is C15H17ClF4N2O3. The number of nitrogens with two attached hydrogens (primary N) is 1. The van der Waals surface area contributed by atoms with Gasteiger partial charge in [-0.15, -0.1) is 0 Å². The number of benzene rings is 1. The largest absolute Gasteiger partial charge is 0.490 e. The highest BCUT2D eigenvalue weighted by molar-refractivity contribution is 6.30. The van der Waals surface area contributed by atoms with Gasteiger partial charge < -0.3 is 15.2 Å². The van der Waals surface area contributed by atoms with Crippen LogP contribution in [0.25, 0.3) is 0 Å². The second kappa shape index (κ2) is 8.20. The van der Waals surface area contributed by atoms with Gasteiger partial charge in [-0.1, -0.05) is 11.6 Å². The molecule has 1 aliphatic heterocycles. The maximum atomic E-state index is 13.4. The van der Waals surface area contributed by atoms with Crippen molar-refractivity contribution in [3.63, 3.8) is 0 Å². The van der Waals surface area contributed by atoms with E-state index in [1.807, 2.05) is 0 Å². The van der Waals surface area contributed by atoms with Crippen LogP contribution in [-0.4, -0.2) is 55.4 Å². The monoisotopic (exact) mass is 384 g/mol. The lowest BCUT2D eigenvalue weighted by Crippen LogP contribution is -2.41. The Morgan fingerprint density at radius 2 is 2.16 bits per heavy atom. The van der Waals surface area contributed by atoms with Gasteiger partial charge in [0.15, 0.2) is 0 Å². The average Bonchev–Trinajstić information content (AvgIpc) is 2.92. The fourth-order valence-electron chi connectivity index (χ4n) is 2.41. The van der Waals surface area contributed by atoms with E-state index in [2.05, 4.69) is 4.74 Å². The first-order chi connectivity index (χ1) is 11.6. The third kappa shape index (κ3) is 6.02. The molecular weight excluding hydrogens is 368 g/mol. The standard InChI is InChI=1S/C15H17ClF4N2O3/c16-12-2-1-10(5-13(12)17)24-8-11(25-14(23)15(18,19)20)7-22-4-3-9(21)6-22/h1-2,5,9,11H,3-4,6-8,21H2. The van der Waals surface area contributed by atoms with Crippen LogP contribution in [-0.2, 0) is 9.53 Å². The molecule has 1 aliphatic rings. The Labute approximate surface area is 146 Å². The van der Waals surface area contributed by atoms with Crippen LogP contribution in [0, 0.1) is 5.82 Å². The van der Waals surface area contributed by atoms with Crippen molar-refractivity contribution in [1.29, 1.82) is 0 Å². The maximum absolute atomic E-state index is 13.4. The molecule has 0 radical (unpaired) electrons. The van der Waals surface area contributed by atoms with Crippen molar-refractivity contribution in [3.8, 4) is 5.75 Å². The van der Waals surface area contributed by atoms with E-state index in [1.54, 1.807) is 4.90 Å². The fourth-order valence-corrected chi connectivity index (χ4v) is 2.53. The number of carbonyl (C=O) groups is 1. The molecule has 1 aromatic carbocycles. The Morgan fingerprint density at radius 3 is 2.72 bits per heavy atom. The highest BCUT2D eigenvalue weighted by Crippen LogP contribution is 2.22. The molecule has 1 saturated heterocycles. The molecule has 0 spiro atoms. The molecule has 2 unspecified atom stereocenters. The van der Waals surface area contributed by atoms with Gasteiger partial charge in [-0.3, -0.25) is 4.90 Å². The third-order valence-electron chi connectivity index (χ3n) is 3.60. The summed E-state index contributed by atoms with van der Waals surface area (Å²) < 4.78 is 60.4. The predicted molar refractivity (Wildman–Crippen MR) is 81.9 cm³/mol. The van der Waals surface area contributed by atoms with Crippen molar-refractivity contribution in [1.82, 2.24) is 4.90 Å². The molecule has 1 fully saturated rings. The average molecular weight is 385 g/mol. The number of likely N-dealkylation sites (tertiary alicyclic amines) is 1. The molecule has 25 heavy (non-hydrogen) atoms. The summed E-state index contributed by atoms with van der Waals surface area (Å²) in [6.45, 7) is 0.729. The predicted octanol–water partition coefficient (Wildman–Crippen LogP) is 2.37. The summed E-state index contributed by atoms with van der Waals surface area (Å²) in [5.41, 5.74) is 5.75. The van der Waals surface area contributed by atoms with Gasteiger partial charge >= 0.3 is 12.1 Å². The van der Waals surface area contributed by atoms with E-state index in [1.165, 1.54) is 12.1 Å². The highest BCUT2D eigenvalue weighted by atomic mass is 35.5. The Bertz CT molecular complexity index is 615. The van der Waals surface area contributed by atoms with Gasteiger partial charge in [0, 0.05) is 25.2 Å². The fraction of sp³-hybridized carbons (Fsp3) is 0.533. The molecule has 2 rings (SSSR count). The number of halogens is 5. The van der Waals surface area contributed by atoms with E-state index in [-0.39, 0.29) is 30.0 Å². The first kappa shape index (κ1) is 19.7. The molecule has 0 aromatic heterocycles. The lowest BCUT2D eigenvalue weighted by Gasteiger charge is -2.24. The second-order valence-corrected chi connectivity index (χ2v) is 6.13. The SMILES string of the molecule is NC1CCN(CC(COc2ccc(Cl)c(F)c2)OC(=O)C(F)(F)F)C1. The van der Waals surface area contributed by atoms with Gasteiger partial charge in [-0.2, -0.15) is 13.2 Å². The molecule has 0 saturated carbocycles. The van der Waals surface area contributed by atoms with Crippen molar-refractivity contribution < 1.29 is 31.8 Å². The van der Waals surface area contributed by atoms with E-state index in [9.17, 15) is 22.4 Å². The molecule has 2 atom stereocenters. The quantitative estimate of drug-likeness (QED) is 0.602. The summed E-state index contributed by atoms with van der Waals surface area (Å²) in [7, 11) is 0. The molecule has 1 aromatic rings. The van der Waals surface area contributed by atoms with Crippen LogP contribution in [0.15, 0.2) is 18.2 Å². The molecule has 0 aliphatic carbocycles. The lowest BCUT2D eigenvalue weighted by atomic mass is 10.3. The van der Waals surface area contributed by atoms with Crippen molar-refractivity contribution in [3.05, 3.63) is 29.0 Å². The van der Waals surface area contributed by atoms with Gasteiger partial charge in [-0.05, 0) is 25.1 Å². The number of rotatable bonds is 6. The molecule has 1 heterocycles. The van der Waals surface area contributed by atoms with Gasteiger partial charge in [0.05, 0.1) is 5.02 Å². The zero-order valence-corrected chi connectivity index (χ0v) is 13.8. The van der Waals surface area contributed by atoms with Crippen LogP contribution in [0.5, 0.6) is 5.75 Å². The Balaban J connectivity index is 1.99. The van der Waals surface area contributed by atoms with Gasteiger partial charge in [0.1, 0.15) is 24.3 Å². The minimum Gasteiger partial charge on any atom is -0.490 e. The van der Waals surface area contributed by atoms with Crippen LogP contribution in [0.2, 0.25) is 5.02 Å². The molecule has 5 nitrogen and oxygen atoms in total. The summed E-state index contributed by atoms with van der Waals surface area (Å²) >= 11 is 5.55. The van der Waals surface area contributed by atoms with E-state index in [4.69, 9.17) is 22.1 Å². The van der Waals surface area contributed by atoms with Gasteiger partial charge in [-0.25, -0.2) is 9.18 Å². The number of ether oxygens (including phenoxy) is 2. The maximum Gasteiger partial charge on any atom is 0.490 e. The Morgan fingerprint density at radius 1 is 1.44 bits per heavy atom. The van der Waals surface area contributed by atoms with Crippen LogP contribution in [0.3, 0.4) is 0 Å². The number of hydrogen-bond acceptors (Lipinski definition) is 5. The van der Waals surface area contributed by atoms with E-state index in [0.717, 1.165) is 6.07 Å². The summed E-state index contributed by atoms with van der Waals surface area (Å²) in [6, 6.07) is 3.53. The van der Waals surface area contributed by atoms with E-state index in [0.29, 0.717) is 19.5 Å². The second-order valence-electron chi connectivity index (χ2n) is 5.72. The molecule has 140 valence electrons. The summed E-state index contributed by atoms with van der Waals surface area (Å²) in [6.07, 6.45) is -5.59. The van der Waals surface area contributed by atoms with Gasteiger partial charge in [0.2, 0.25) is 0 Å². The highest BCUT2D eigenvalue weighted by Gasteiger charge is 2.42. The number of carbonyl (C=O) groups excluding carboxylic acids is 1. The van der Waals surface area contributed by atoms with Crippen LogP contribution in [0.4, 0.5) is 17.6 Å². The molecule has 10 heteroatoms. The zero-order valence-electron chi connectivity index (χ0n) is 13.1. The first-order valence-electron chi connectivity index (χ1n) is 7.48. The molecule has 2 N–H and O–H groups in total. The minimum atomic E-state index is -5.11. The van der Waals surface area contributed by atoms with Crippen LogP contribution in [0.1, 0.15) is 6.42 Å². The summed E-state index contributed by atoms with van der Waals surface area (Å²) in [5.74, 6) is -2.96. The number of nitrogens with zero attached hydrogens (tertiary/aromatic N) is 1. The zero-order chi connectivity index (χ0) is 18.6. The lowest BCUT2D eigenvalue weighted by molar-refractivity contribution is -0.206. The van der Waals surface area contributed by atoms with Crippen molar-refractivity contribution >= 4 is 17.6 Å². The van der Waals surface area contributed by atoms with E-state index >= 15 is 0 Å². The molecule has 0 amide bonds. The normalized spacial score (nSPS) is 19.7. The van der Waals surface area contributed by atoms with Crippen molar-refractivity contribution in [2.45, 2.75) is 24.7 Å².